The number of piperidine rings is 1. The molecule has 49 heavy (non-hydrogen) atoms. The fourth-order valence-corrected chi connectivity index (χ4v) is 6.53. The number of rotatable bonds is 8. The summed E-state index contributed by atoms with van der Waals surface area (Å²) in [7, 11) is 0. The van der Waals surface area contributed by atoms with Gasteiger partial charge in [0.25, 0.3) is 11.8 Å². The number of aromatic nitrogens is 4. The van der Waals surface area contributed by atoms with Crippen LogP contribution in [0.15, 0.2) is 22.6 Å². The van der Waals surface area contributed by atoms with Gasteiger partial charge in [-0.05, 0) is 56.7 Å². The maximum absolute atomic E-state index is 13.4. The van der Waals surface area contributed by atoms with Gasteiger partial charge in [0.05, 0.1) is 11.3 Å². The second-order valence-corrected chi connectivity index (χ2v) is 12.9. The first-order valence-corrected chi connectivity index (χ1v) is 16.5. The molecule has 1 aliphatic carbocycles. The number of halogens is 4. The Balaban J connectivity index is 1.08. The molecule has 4 heterocycles. The van der Waals surface area contributed by atoms with Crippen LogP contribution in [0.25, 0.3) is 11.6 Å². The number of nitrogens with two attached hydrogens (primary N) is 1. The van der Waals surface area contributed by atoms with Crippen LogP contribution < -0.4 is 21.3 Å². The fraction of sp³-hybridized carbons (Fsp3) is 0.516. The lowest BCUT2D eigenvalue weighted by Gasteiger charge is -2.47. The summed E-state index contributed by atoms with van der Waals surface area (Å²) in [4.78, 5) is 52.3. The Morgan fingerprint density at radius 3 is 2.47 bits per heavy atom. The normalized spacial score (nSPS) is 19.2. The summed E-state index contributed by atoms with van der Waals surface area (Å²) in [5, 5.41) is 12.4. The van der Waals surface area contributed by atoms with Crippen LogP contribution in [-0.4, -0.2) is 105 Å². The van der Waals surface area contributed by atoms with Crippen LogP contribution in [0.4, 0.5) is 30.5 Å². The molecule has 2 saturated heterocycles. The minimum absolute atomic E-state index is 0.0172. The van der Waals surface area contributed by atoms with Crippen LogP contribution in [0.5, 0.6) is 0 Å². The Morgan fingerprint density at radius 1 is 1.06 bits per heavy atom. The number of amides is 3. The van der Waals surface area contributed by atoms with E-state index in [9.17, 15) is 27.6 Å². The summed E-state index contributed by atoms with van der Waals surface area (Å²) in [5.74, 6) is -2.85. The van der Waals surface area contributed by atoms with E-state index in [-0.39, 0.29) is 57.8 Å². The van der Waals surface area contributed by atoms with Crippen molar-refractivity contribution in [2.24, 2.45) is 0 Å². The summed E-state index contributed by atoms with van der Waals surface area (Å²) in [6, 6.07) is 4.87. The van der Waals surface area contributed by atoms with Gasteiger partial charge in [0, 0.05) is 50.8 Å². The third kappa shape index (κ3) is 7.56. The fourth-order valence-electron chi connectivity index (χ4n) is 6.28. The van der Waals surface area contributed by atoms with Crippen molar-refractivity contribution >= 4 is 46.6 Å². The SMILES string of the molecule is CC[C@H]1CN(c2nc(N)c(-c3nnc(C(=O)NC4CC4)o3)nc2Cl)CCN1C1CCN(C(=O)c2ccc(C)cc2NC(=O)C(F)(F)F)CC1. The molecule has 1 saturated carbocycles. The van der Waals surface area contributed by atoms with Crippen molar-refractivity contribution in [3.8, 4) is 11.6 Å². The molecule has 1 atom stereocenters. The van der Waals surface area contributed by atoms with Gasteiger partial charge in [-0.25, -0.2) is 9.97 Å². The van der Waals surface area contributed by atoms with Gasteiger partial charge in [0.2, 0.25) is 0 Å². The monoisotopic (exact) mass is 704 g/mol. The van der Waals surface area contributed by atoms with Crippen LogP contribution in [0.3, 0.4) is 0 Å². The van der Waals surface area contributed by atoms with E-state index in [1.807, 2.05) is 10.2 Å². The molecule has 14 nitrogen and oxygen atoms in total. The molecule has 0 unspecified atom stereocenters. The molecule has 0 radical (unpaired) electrons. The number of likely N-dealkylation sites (tertiary alicyclic amines) is 1. The summed E-state index contributed by atoms with van der Waals surface area (Å²) >= 11 is 6.60. The highest BCUT2D eigenvalue weighted by Gasteiger charge is 2.40. The lowest BCUT2D eigenvalue weighted by atomic mass is 9.97. The van der Waals surface area contributed by atoms with E-state index in [2.05, 4.69) is 37.3 Å². The molecule has 262 valence electrons. The van der Waals surface area contributed by atoms with Gasteiger partial charge in [0.15, 0.2) is 22.5 Å². The van der Waals surface area contributed by atoms with Crippen molar-refractivity contribution < 1.29 is 32.0 Å². The van der Waals surface area contributed by atoms with Crippen molar-refractivity contribution in [2.45, 2.75) is 70.3 Å². The molecule has 18 heteroatoms. The molecule has 1 aromatic carbocycles. The van der Waals surface area contributed by atoms with E-state index >= 15 is 0 Å². The number of benzene rings is 1. The Kier molecular flexibility index (Phi) is 9.66. The topological polar surface area (TPSA) is 176 Å². The Hall–Kier alpha value is -4.51. The standard InChI is InChI=1S/C31H36ClF3N10O4/c1-3-18-15-44(25-23(32)39-22(24(36)40-25)27-41-42-28(49-27)26(46)37-17-5-6-17)12-13-45(18)19-8-10-43(11-9-19)29(47)20-7-4-16(2)14-21(20)38-30(48)31(33,34)35/h4,7,14,17-19H,3,5-6,8-13,15H2,1-2H3,(H2,36,40)(H,37,46)(H,38,48)/t18-/m0/s1. The number of carbonyl (C=O) groups is 3. The second kappa shape index (κ2) is 13.8. The van der Waals surface area contributed by atoms with Gasteiger partial charge in [-0.1, -0.05) is 24.6 Å². The first-order valence-electron chi connectivity index (χ1n) is 16.1. The van der Waals surface area contributed by atoms with Gasteiger partial charge in [-0.15, -0.1) is 10.2 Å². The van der Waals surface area contributed by atoms with E-state index in [0.717, 1.165) is 19.3 Å². The first-order chi connectivity index (χ1) is 23.3. The largest absolute Gasteiger partial charge is 0.471 e. The number of nitrogen functional groups attached to an aromatic ring is 1. The number of nitrogens with one attached hydrogen (secondary N) is 2. The van der Waals surface area contributed by atoms with Gasteiger partial charge in [0.1, 0.15) is 0 Å². The van der Waals surface area contributed by atoms with E-state index in [1.165, 1.54) is 12.1 Å². The van der Waals surface area contributed by atoms with Crippen LogP contribution in [0.1, 0.15) is 65.6 Å². The highest BCUT2D eigenvalue weighted by molar-refractivity contribution is 6.32. The van der Waals surface area contributed by atoms with Crippen molar-refractivity contribution in [1.82, 2.24) is 35.3 Å². The quantitative estimate of drug-likeness (QED) is 0.312. The summed E-state index contributed by atoms with van der Waals surface area (Å²) in [6.45, 7) is 6.45. The third-order valence-electron chi connectivity index (χ3n) is 9.03. The van der Waals surface area contributed by atoms with Crippen molar-refractivity contribution in [1.29, 1.82) is 0 Å². The van der Waals surface area contributed by atoms with Crippen molar-refractivity contribution in [2.75, 3.05) is 48.7 Å². The van der Waals surface area contributed by atoms with Gasteiger partial charge >= 0.3 is 23.9 Å². The molecule has 3 aromatic rings. The number of anilines is 3. The van der Waals surface area contributed by atoms with Crippen molar-refractivity contribution in [3.63, 3.8) is 0 Å². The first kappa shape index (κ1) is 34.4. The molecule has 3 fully saturated rings. The number of aryl methyl sites for hydroxylation is 1. The molecule has 3 aliphatic rings. The third-order valence-corrected chi connectivity index (χ3v) is 9.28. The van der Waals surface area contributed by atoms with E-state index in [0.29, 0.717) is 56.9 Å². The number of nitrogens with zero attached hydrogens (tertiary/aromatic N) is 7. The van der Waals surface area contributed by atoms with Gasteiger partial charge < -0.3 is 30.6 Å². The summed E-state index contributed by atoms with van der Waals surface area (Å²) in [5.41, 5.74) is 6.80. The average molecular weight is 705 g/mol. The molecule has 2 aliphatic heterocycles. The molecule has 0 spiro atoms. The summed E-state index contributed by atoms with van der Waals surface area (Å²) < 4.78 is 44.3. The molecule has 4 N–H and O–H groups in total. The van der Waals surface area contributed by atoms with E-state index in [1.54, 1.807) is 17.9 Å². The van der Waals surface area contributed by atoms with Crippen LogP contribution in [-0.2, 0) is 4.79 Å². The lowest BCUT2D eigenvalue weighted by Crippen LogP contribution is -2.58. The maximum Gasteiger partial charge on any atom is 0.471 e. The summed E-state index contributed by atoms with van der Waals surface area (Å²) in [6.07, 6.45) is -1.09. The number of carbonyl (C=O) groups excluding carboxylic acids is 3. The minimum Gasteiger partial charge on any atom is -0.410 e. The zero-order valence-corrected chi connectivity index (χ0v) is 27.6. The molecule has 3 amide bonds. The van der Waals surface area contributed by atoms with Gasteiger partial charge in [-0.3, -0.25) is 19.3 Å². The average Bonchev–Trinajstić information content (AvgIpc) is 3.75. The minimum atomic E-state index is -5.08. The lowest BCUT2D eigenvalue weighted by molar-refractivity contribution is -0.167. The predicted molar refractivity (Wildman–Crippen MR) is 173 cm³/mol. The molecule has 6 rings (SSSR count). The molecule has 0 bridgehead atoms. The van der Waals surface area contributed by atoms with Crippen LogP contribution >= 0.6 is 11.6 Å². The maximum atomic E-state index is 13.4. The van der Waals surface area contributed by atoms with Crippen LogP contribution in [0.2, 0.25) is 5.15 Å². The van der Waals surface area contributed by atoms with E-state index in [4.69, 9.17) is 21.8 Å². The Labute approximate surface area is 284 Å². The predicted octanol–water partition coefficient (Wildman–Crippen LogP) is 3.67. The smallest absolute Gasteiger partial charge is 0.410 e. The number of hydrogen-bond donors (Lipinski definition) is 3. The Bertz CT molecular complexity index is 1740. The number of hydrogen-bond acceptors (Lipinski definition) is 11. The van der Waals surface area contributed by atoms with Crippen molar-refractivity contribution in [3.05, 3.63) is 40.4 Å². The number of piperazine rings is 1. The highest BCUT2D eigenvalue weighted by atomic mass is 35.5. The molecule has 2 aromatic heterocycles. The molecular formula is C31H36ClF3N10O4. The molecular weight excluding hydrogens is 669 g/mol. The van der Waals surface area contributed by atoms with E-state index < -0.39 is 23.9 Å². The van der Waals surface area contributed by atoms with Gasteiger partial charge in [-0.2, -0.15) is 13.2 Å². The Morgan fingerprint density at radius 2 is 1.80 bits per heavy atom. The zero-order chi connectivity index (χ0) is 35.0. The number of alkyl halides is 3. The highest BCUT2D eigenvalue weighted by Crippen LogP contribution is 2.33. The zero-order valence-electron chi connectivity index (χ0n) is 26.9. The second-order valence-electron chi connectivity index (χ2n) is 12.5. The van der Waals surface area contributed by atoms with Crippen LogP contribution in [0, 0.1) is 6.92 Å².